The standard InChI is InChI=1S/C57H47N5O/c1-56(2,3)54-58-48(40-28-24-38(25-29-40)37-16-8-6-9-17-37)35-49(59-54)41-30-26-39(27-31-41)45-21-13-12-20-44(45)36-57(4,5)55-61-52(42-18-10-7-11-19-42)60-53(62-55)43-32-33-47-46-22-14-15-23-50(46)63-51(47)34-43/h6-35H,36H2,1-5H3. The van der Waals surface area contributed by atoms with Gasteiger partial charge in [0.2, 0.25) is 0 Å². The molecular formula is C57H47N5O. The van der Waals surface area contributed by atoms with Gasteiger partial charge in [-0.2, -0.15) is 0 Å². The van der Waals surface area contributed by atoms with Crippen LogP contribution in [-0.4, -0.2) is 24.9 Å². The lowest BCUT2D eigenvalue weighted by atomic mass is 9.82. The Hall–Kier alpha value is -7.57. The molecule has 0 N–H and O–H groups in total. The summed E-state index contributed by atoms with van der Waals surface area (Å²) in [5.74, 6) is 2.80. The Morgan fingerprint density at radius 1 is 0.381 bits per heavy atom. The van der Waals surface area contributed by atoms with Crippen LogP contribution in [0.5, 0.6) is 0 Å². The van der Waals surface area contributed by atoms with Gasteiger partial charge in [0.05, 0.1) is 11.4 Å². The first-order valence-corrected chi connectivity index (χ1v) is 21.5. The molecule has 0 aliphatic heterocycles. The molecule has 6 heteroatoms. The summed E-state index contributed by atoms with van der Waals surface area (Å²) in [5, 5.41) is 2.16. The molecule has 63 heavy (non-hydrogen) atoms. The molecule has 7 aromatic carbocycles. The number of hydrogen-bond acceptors (Lipinski definition) is 6. The normalized spacial score (nSPS) is 12.0. The van der Waals surface area contributed by atoms with Crippen LogP contribution in [0.3, 0.4) is 0 Å². The third-order valence-corrected chi connectivity index (χ3v) is 11.7. The van der Waals surface area contributed by atoms with Crippen molar-refractivity contribution in [3.63, 3.8) is 0 Å². The van der Waals surface area contributed by atoms with Crippen molar-refractivity contribution < 1.29 is 4.42 Å². The molecule has 0 aliphatic rings. The summed E-state index contributed by atoms with van der Waals surface area (Å²) < 4.78 is 6.27. The molecule has 0 saturated carbocycles. The molecule has 10 aromatic rings. The van der Waals surface area contributed by atoms with Crippen molar-refractivity contribution in [2.75, 3.05) is 0 Å². The lowest BCUT2D eigenvalue weighted by Crippen LogP contribution is -2.25. The van der Waals surface area contributed by atoms with Crippen LogP contribution in [0, 0.1) is 0 Å². The molecular weight excluding hydrogens is 771 g/mol. The van der Waals surface area contributed by atoms with E-state index in [1.807, 2.05) is 60.7 Å². The van der Waals surface area contributed by atoms with Gasteiger partial charge in [0, 0.05) is 43.9 Å². The van der Waals surface area contributed by atoms with Crippen molar-refractivity contribution >= 4 is 21.9 Å². The minimum Gasteiger partial charge on any atom is -0.456 e. The topological polar surface area (TPSA) is 77.6 Å². The van der Waals surface area contributed by atoms with Crippen molar-refractivity contribution in [3.05, 3.63) is 199 Å². The van der Waals surface area contributed by atoms with Crippen LogP contribution in [0.4, 0.5) is 0 Å². The Morgan fingerprint density at radius 2 is 0.889 bits per heavy atom. The van der Waals surface area contributed by atoms with Crippen molar-refractivity contribution in [2.45, 2.75) is 51.9 Å². The predicted octanol–water partition coefficient (Wildman–Crippen LogP) is 14.4. The Balaban J connectivity index is 0.971. The van der Waals surface area contributed by atoms with Gasteiger partial charge in [0.1, 0.15) is 22.8 Å². The van der Waals surface area contributed by atoms with E-state index >= 15 is 0 Å². The monoisotopic (exact) mass is 817 g/mol. The predicted molar refractivity (Wildman–Crippen MR) is 257 cm³/mol. The summed E-state index contributed by atoms with van der Waals surface area (Å²) in [6, 6.07) is 63.1. The van der Waals surface area contributed by atoms with Gasteiger partial charge in [-0.25, -0.2) is 24.9 Å². The summed E-state index contributed by atoms with van der Waals surface area (Å²) >= 11 is 0. The van der Waals surface area contributed by atoms with Crippen LogP contribution in [0.2, 0.25) is 0 Å². The number of benzene rings is 7. The highest BCUT2D eigenvalue weighted by molar-refractivity contribution is 6.05. The minimum absolute atomic E-state index is 0.232. The molecule has 0 bridgehead atoms. The van der Waals surface area contributed by atoms with Gasteiger partial charge in [-0.1, -0.05) is 192 Å². The zero-order chi connectivity index (χ0) is 43.1. The summed E-state index contributed by atoms with van der Waals surface area (Å²) in [6.45, 7) is 10.9. The Labute approximate surface area is 368 Å². The molecule has 0 spiro atoms. The molecule has 10 rings (SSSR count). The average Bonchev–Trinajstić information content (AvgIpc) is 3.70. The summed E-state index contributed by atoms with van der Waals surface area (Å²) in [6.07, 6.45) is 0.707. The number of para-hydroxylation sites is 1. The Bertz CT molecular complexity index is 3240. The molecule has 0 aliphatic carbocycles. The van der Waals surface area contributed by atoms with E-state index < -0.39 is 5.41 Å². The van der Waals surface area contributed by atoms with Gasteiger partial charge in [0.15, 0.2) is 11.6 Å². The van der Waals surface area contributed by atoms with E-state index in [2.05, 4.69) is 156 Å². The van der Waals surface area contributed by atoms with Gasteiger partial charge in [-0.15, -0.1) is 0 Å². The number of fused-ring (bicyclic) bond motifs is 3. The maximum atomic E-state index is 6.27. The lowest BCUT2D eigenvalue weighted by molar-refractivity contribution is 0.486. The fraction of sp³-hybridized carbons (Fsp3) is 0.140. The molecule has 0 fully saturated rings. The third kappa shape index (κ3) is 8.04. The zero-order valence-corrected chi connectivity index (χ0v) is 36.2. The molecule has 0 unspecified atom stereocenters. The van der Waals surface area contributed by atoms with Crippen LogP contribution in [0.1, 0.15) is 51.8 Å². The summed E-state index contributed by atoms with van der Waals surface area (Å²) in [7, 11) is 0. The van der Waals surface area contributed by atoms with E-state index in [1.54, 1.807) is 0 Å². The van der Waals surface area contributed by atoms with Gasteiger partial charge in [0.25, 0.3) is 0 Å². The first kappa shape index (κ1) is 39.6. The van der Waals surface area contributed by atoms with Crippen molar-refractivity contribution in [2.24, 2.45) is 0 Å². The smallest absolute Gasteiger partial charge is 0.163 e. The van der Waals surface area contributed by atoms with E-state index in [-0.39, 0.29) is 5.41 Å². The van der Waals surface area contributed by atoms with Crippen LogP contribution < -0.4 is 0 Å². The quantitative estimate of drug-likeness (QED) is 0.144. The highest BCUT2D eigenvalue weighted by atomic mass is 16.3. The molecule has 0 atom stereocenters. The minimum atomic E-state index is -0.458. The van der Waals surface area contributed by atoms with Crippen LogP contribution in [0.25, 0.3) is 89.5 Å². The second kappa shape index (κ2) is 16.0. The molecule has 6 nitrogen and oxygen atoms in total. The highest BCUT2D eigenvalue weighted by Gasteiger charge is 2.28. The summed E-state index contributed by atoms with van der Waals surface area (Å²) in [4.78, 5) is 25.6. The average molecular weight is 818 g/mol. The highest BCUT2D eigenvalue weighted by Crippen LogP contribution is 2.37. The number of aromatic nitrogens is 5. The van der Waals surface area contributed by atoms with E-state index in [9.17, 15) is 0 Å². The SMILES string of the molecule is CC(C)(C)c1nc(-c2ccc(-c3ccccc3)cc2)cc(-c2ccc(-c3ccccc3CC(C)(C)c3nc(-c4ccccc4)nc(-c4ccc5c(c4)oc4ccccc45)n3)cc2)n1. The van der Waals surface area contributed by atoms with Crippen LogP contribution >= 0.6 is 0 Å². The largest absolute Gasteiger partial charge is 0.456 e. The van der Waals surface area contributed by atoms with E-state index in [0.29, 0.717) is 18.1 Å². The second-order valence-corrected chi connectivity index (χ2v) is 17.9. The fourth-order valence-corrected chi connectivity index (χ4v) is 8.26. The molecule has 3 heterocycles. The Kier molecular flexibility index (Phi) is 10.1. The Morgan fingerprint density at radius 3 is 1.56 bits per heavy atom. The van der Waals surface area contributed by atoms with Gasteiger partial charge >= 0.3 is 0 Å². The third-order valence-electron chi connectivity index (χ3n) is 11.7. The maximum absolute atomic E-state index is 6.27. The molecule has 3 aromatic heterocycles. The first-order valence-electron chi connectivity index (χ1n) is 21.5. The van der Waals surface area contributed by atoms with E-state index in [4.69, 9.17) is 29.3 Å². The zero-order valence-electron chi connectivity index (χ0n) is 36.2. The van der Waals surface area contributed by atoms with Crippen molar-refractivity contribution in [1.82, 2.24) is 24.9 Å². The second-order valence-electron chi connectivity index (χ2n) is 17.9. The lowest BCUT2D eigenvalue weighted by Gasteiger charge is -2.25. The number of hydrogen-bond donors (Lipinski definition) is 0. The fourth-order valence-electron chi connectivity index (χ4n) is 8.26. The van der Waals surface area contributed by atoms with Crippen molar-refractivity contribution in [3.8, 4) is 67.5 Å². The maximum Gasteiger partial charge on any atom is 0.163 e. The van der Waals surface area contributed by atoms with Crippen LogP contribution in [-0.2, 0) is 17.3 Å². The molecule has 306 valence electrons. The number of nitrogens with zero attached hydrogens (tertiary/aromatic N) is 5. The first-order chi connectivity index (χ1) is 30.6. The van der Waals surface area contributed by atoms with Crippen LogP contribution in [0.15, 0.2) is 186 Å². The van der Waals surface area contributed by atoms with Gasteiger partial charge in [-0.3, -0.25) is 0 Å². The van der Waals surface area contributed by atoms with Gasteiger partial charge < -0.3 is 4.42 Å². The number of rotatable bonds is 9. The van der Waals surface area contributed by atoms with E-state index in [0.717, 1.165) is 72.8 Å². The van der Waals surface area contributed by atoms with Crippen molar-refractivity contribution in [1.29, 1.82) is 0 Å². The molecule has 0 saturated heterocycles. The van der Waals surface area contributed by atoms with E-state index in [1.165, 1.54) is 22.3 Å². The van der Waals surface area contributed by atoms with Gasteiger partial charge in [-0.05, 0) is 58.5 Å². The molecule has 0 amide bonds. The molecule has 0 radical (unpaired) electrons. The summed E-state index contributed by atoms with van der Waals surface area (Å²) in [5.41, 5.74) is 12.6. The number of furan rings is 1.